The average Bonchev–Trinajstić information content (AvgIpc) is 2.99. The Morgan fingerprint density at radius 1 is 1.28 bits per heavy atom. The number of benzene rings is 2. The SMILES string of the molecule is CC(=N[S+]([O-])C(C)(C)C)c1cc(C)cc2c(=O)n3c(nc12)-c1ccc(Cl)cc1C3. The third-order valence-corrected chi connectivity index (χ3v) is 6.70. The molecule has 150 valence electrons. The Hall–Kier alpha value is -2.15. The van der Waals surface area contributed by atoms with Crippen LogP contribution >= 0.6 is 11.6 Å². The maximum Gasteiger partial charge on any atom is 0.261 e. The number of aromatic nitrogens is 2. The highest BCUT2D eigenvalue weighted by Crippen LogP contribution is 2.33. The normalized spacial score (nSPS) is 14.8. The van der Waals surface area contributed by atoms with Gasteiger partial charge in [0.05, 0.1) is 23.2 Å². The first kappa shape index (κ1) is 20.1. The predicted molar refractivity (Wildman–Crippen MR) is 120 cm³/mol. The molecule has 0 bridgehead atoms. The molecule has 0 N–H and O–H groups in total. The van der Waals surface area contributed by atoms with Gasteiger partial charge in [-0.1, -0.05) is 16.0 Å². The van der Waals surface area contributed by atoms with E-state index < -0.39 is 16.1 Å². The highest BCUT2D eigenvalue weighted by molar-refractivity contribution is 7.91. The van der Waals surface area contributed by atoms with Crippen molar-refractivity contribution in [2.45, 2.75) is 45.9 Å². The van der Waals surface area contributed by atoms with E-state index in [0.717, 1.165) is 22.3 Å². The Morgan fingerprint density at radius 2 is 2.00 bits per heavy atom. The van der Waals surface area contributed by atoms with E-state index in [0.29, 0.717) is 34.0 Å². The van der Waals surface area contributed by atoms with Crippen molar-refractivity contribution < 1.29 is 4.55 Å². The second-order valence-electron chi connectivity index (χ2n) is 8.38. The van der Waals surface area contributed by atoms with Gasteiger partial charge < -0.3 is 4.55 Å². The van der Waals surface area contributed by atoms with Crippen LogP contribution in [0.5, 0.6) is 0 Å². The van der Waals surface area contributed by atoms with Crippen LogP contribution in [-0.2, 0) is 17.9 Å². The summed E-state index contributed by atoms with van der Waals surface area (Å²) in [5, 5.41) is 1.18. The third-order valence-electron chi connectivity index (χ3n) is 4.97. The minimum atomic E-state index is -1.40. The van der Waals surface area contributed by atoms with Gasteiger partial charge in [-0.05, 0) is 76.1 Å². The van der Waals surface area contributed by atoms with Crippen LogP contribution < -0.4 is 5.56 Å². The van der Waals surface area contributed by atoms with Crippen LogP contribution in [0.15, 0.2) is 39.5 Å². The zero-order chi connectivity index (χ0) is 21.1. The van der Waals surface area contributed by atoms with Crippen molar-refractivity contribution >= 4 is 39.6 Å². The van der Waals surface area contributed by atoms with Gasteiger partial charge in [0.1, 0.15) is 21.9 Å². The van der Waals surface area contributed by atoms with E-state index in [1.807, 2.05) is 65.0 Å². The van der Waals surface area contributed by atoms with Gasteiger partial charge in [0.15, 0.2) is 0 Å². The van der Waals surface area contributed by atoms with Crippen molar-refractivity contribution in [2.75, 3.05) is 0 Å². The first-order chi connectivity index (χ1) is 13.6. The van der Waals surface area contributed by atoms with E-state index in [-0.39, 0.29) is 5.56 Å². The molecule has 1 aliphatic heterocycles. The molecule has 0 fully saturated rings. The standard InChI is InChI=1S/C22H22ClN3O2S/c1-12-8-17(13(2)25-29(28)22(3,4)5)19-18(9-12)21(27)26-11-14-10-15(23)6-7-16(14)20(26)24-19/h6-10H,11H2,1-5H3. The summed E-state index contributed by atoms with van der Waals surface area (Å²) >= 11 is 4.73. The first-order valence-corrected chi connectivity index (χ1v) is 10.9. The number of rotatable bonds is 2. The number of aryl methyl sites for hydroxylation is 1. The Morgan fingerprint density at radius 3 is 2.69 bits per heavy atom. The van der Waals surface area contributed by atoms with E-state index in [9.17, 15) is 9.35 Å². The quantitative estimate of drug-likeness (QED) is 0.345. The Kier molecular flexibility index (Phi) is 4.84. The monoisotopic (exact) mass is 427 g/mol. The molecule has 0 aliphatic carbocycles. The number of hydrogen-bond acceptors (Lipinski definition) is 4. The molecular formula is C22H22ClN3O2S. The van der Waals surface area contributed by atoms with E-state index >= 15 is 0 Å². The minimum absolute atomic E-state index is 0.0907. The zero-order valence-corrected chi connectivity index (χ0v) is 18.6. The summed E-state index contributed by atoms with van der Waals surface area (Å²) in [6, 6.07) is 9.38. The maximum absolute atomic E-state index is 13.3. The molecule has 4 rings (SSSR count). The number of fused-ring (bicyclic) bond motifs is 4. The lowest BCUT2D eigenvalue weighted by Gasteiger charge is -2.19. The first-order valence-electron chi connectivity index (χ1n) is 9.38. The molecule has 0 saturated carbocycles. The lowest BCUT2D eigenvalue weighted by Crippen LogP contribution is -2.27. The van der Waals surface area contributed by atoms with E-state index in [2.05, 4.69) is 4.40 Å². The molecule has 1 aromatic heterocycles. The molecule has 2 heterocycles. The summed E-state index contributed by atoms with van der Waals surface area (Å²) in [6.45, 7) is 9.85. The summed E-state index contributed by atoms with van der Waals surface area (Å²) in [5.74, 6) is 0.629. The van der Waals surface area contributed by atoms with Crippen LogP contribution in [0.3, 0.4) is 0 Å². The Bertz CT molecular complexity index is 1240. The van der Waals surface area contributed by atoms with Crippen molar-refractivity contribution in [1.82, 2.24) is 9.55 Å². The summed E-state index contributed by atoms with van der Waals surface area (Å²) in [7, 11) is 0. The topological polar surface area (TPSA) is 70.3 Å². The fraction of sp³-hybridized carbons (Fsp3) is 0.318. The molecule has 1 unspecified atom stereocenters. The van der Waals surface area contributed by atoms with Gasteiger partial charge in [-0.25, -0.2) is 4.98 Å². The van der Waals surface area contributed by atoms with E-state index in [4.69, 9.17) is 16.6 Å². The summed E-state index contributed by atoms with van der Waals surface area (Å²) in [5.41, 5.74) is 4.66. The molecular weight excluding hydrogens is 406 g/mol. The van der Waals surface area contributed by atoms with Crippen molar-refractivity contribution in [3.05, 3.63) is 62.4 Å². The second-order valence-corrected chi connectivity index (χ2v) is 10.7. The fourth-order valence-corrected chi connectivity index (χ4v) is 4.31. The fourth-order valence-electron chi connectivity index (χ4n) is 3.49. The molecule has 5 nitrogen and oxygen atoms in total. The van der Waals surface area contributed by atoms with Crippen molar-refractivity contribution in [1.29, 1.82) is 0 Å². The van der Waals surface area contributed by atoms with Gasteiger partial charge in [-0.2, -0.15) is 0 Å². The Balaban J connectivity index is 1.98. The predicted octanol–water partition coefficient (Wildman–Crippen LogP) is 4.66. The van der Waals surface area contributed by atoms with Gasteiger partial charge in [0.25, 0.3) is 5.56 Å². The molecule has 1 aliphatic rings. The van der Waals surface area contributed by atoms with Crippen LogP contribution in [0.1, 0.15) is 44.4 Å². The molecule has 2 aromatic carbocycles. The Labute approximate surface area is 177 Å². The van der Waals surface area contributed by atoms with Crippen LogP contribution in [-0.4, -0.2) is 24.6 Å². The lowest BCUT2D eigenvalue weighted by molar-refractivity contribution is 0.561. The number of hydrogen-bond donors (Lipinski definition) is 0. The van der Waals surface area contributed by atoms with E-state index in [1.165, 1.54) is 0 Å². The van der Waals surface area contributed by atoms with Crippen LogP contribution in [0.2, 0.25) is 5.02 Å². The smallest absolute Gasteiger partial charge is 0.261 e. The molecule has 29 heavy (non-hydrogen) atoms. The molecule has 1 atom stereocenters. The van der Waals surface area contributed by atoms with E-state index in [1.54, 1.807) is 4.57 Å². The molecule has 0 radical (unpaired) electrons. The molecule has 0 saturated heterocycles. The largest absolute Gasteiger partial charge is 0.591 e. The van der Waals surface area contributed by atoms with Crippen molar-refractivity contribution in [3.63, 3.8) is 0 Å². The highest BCUT2D eigenvalue weighted by Gasteiger charge is 2.28. The van der Waals surface area contributed by atoms with Crippen LogP contribution in [0, 0.1) is 6.92 Å². The van der Waals surface area contributed by atoms with Gasteiger partial charge in [-0.3, -0.25) is 9.36 Å². The number of nitrogens with zero attached hydrogens (tertiary/aromatic N) is 3. The molecule has 3 aromatic rings. The average molecular weight is 428 g/mol. The molecule has 0 spiro atoms. The van der Waals surface area contributed by atoms with Gasteiger partial charge in [0.2, 0.25) is 0 Å². The maximum atomic E-state index is 13.3. The van der Waals surface area contributed by atoms with Crippen LogP contribution in [0.4, 0.5) is 0 Å². The summed E-state index contributed by atoms with van der Waals surface area (Å²) in [6.07, 6.45) is 0. The van der Waals surface area contributed by atoms with Gasteiger partial charge in [0, 0.05) is 16.1 Å². The zero-order valence-electron chi connectivity index (χ0n) is 17.0. The lowest BCUT2D eigenvalue weighted by atomic mass is 10.0. The van der Waals surface area contributed by atoms with Gasteiger partial charge in [-0.15, -0.1) is 0 Å². The summed E-state index contributed by atoms with van der Waals surface area (Å²) < 4.78 is 18.2. The van der Waals surface area contributed by atoms with Crippen molar-refractivity contribution in [2.24, 2.45) is 4.40 Å². The molecule has 7 heteroatoms. The number of halogens is 1. The minimum Gasteiger partial charge on any atom is -0.591 e. The molecule has 0 amide bonds. The van der Waals surface area contributed by atoms with Crippen LogP contribution in [0.25, 0.3) is 22.3 Å². The highest BCUT2D eigenvalue weighted by atomic mass is 35.5. The van der Waals surface area contributed by atoms with Crippen molar-refractivity contribution in [3.8, 4) is 11.4 Å². The second kappa shape index (κ2) is 6.97. The third kappa shape index (κ3) is 3.50. The summed E-state index contributed by atoms with van der Waals surface area (Å²) in [4.78, 5) is 18.1. The van der Waals surface area contributed by atoms with Gasteiger partial charge >= 0.3 is 0 Å².